The molecule has 0 radical (unpaired) electrons. The average Bonchev–Trinajstić information content (AvgIpc) is 2.47. The normalized spacial score (nSPS) is 10.5. The van der Waals surface area contributed by atoms with Crippen LogP contribution in [0.2, 0.25) is 0 Å². The Kier molecular flexibility index (Phi) is 3.90. The second-order valence-corrected chi connectivity index (χ2v) is 5.88. The molecule has 0 aliphatic carbocycles. The lowest BCUT2D eigenvalue weighted by Gasteiger charge is -2.12. The van der Waals surface area contributed by atoms with Crippen LogP contribution in [0.4, 0.5) is 0 Å². The van der Waals surface area contributed by atoms with E-state index in [0.717, 1.165) is 15.6 Å². The number of fused-ring (bicyclic) bond motifs is 1. The Balaban J connectivity index is 2.02. The number of hydrogen-bond acceptors (Lipinski definition) is 2. The topological polar surface area (TPSA) is 35.2 Å². The van der Waals surface area contributed by atoms with Gasteiger partial charge in [-0.2, -0.15) is 0 Å². The molecule has 0 bridgehead atoms. The molecule has 0 fully saturated rings. The minimum atomic E-state index is 0.304. The van der Waals surface area contributed by atoms with Gasteiger partial charge in [0.1, 0.15) is 16.5 Å². The molecular formula is C17H12BrNOS. The van der Waals surface area contributed by atoms with Gasteiger partial charge >= 0.3 is 0 Å². The summed E-state index contributed by atoms with van der Waals surface area (Å²) in [4.78, 5) is 0.304. The second kappa shape index (κ2) is 5.84. The van der Waals surface area contributed by atoms with E-state index in [4.69, 9.17) is 22.7 Å². The van der Waals surface area contributed by atoms with Crippen molar-refractivity contribution < 1.29 is 4.74 Å². The van der Waals surface area contributed by atoms with Crippen molar-refractivity contribution in [1.29, 1.82) is 0 Å². The fraction of sp³-hybridized carbons (Fsp3) is 0. The van der Waals surface area contributed by atoms with Gasteiger partial charge in [0.25, 0.3) is 0 Å². The fourth-order valence-electron chi connectivity index (χ4n) is 2.19. The highest BCUT2D eigenvalue weighted by atomic mass is 79.9. The lowest BCUT2D eigenvalue weighted by Crippen LogP contribution is -2.11. The summed E-state index contributed by atoms with van der Waals surface area (Å²) < 4.78 is 6.79. The Bertz CT molecular complexity index is 832. The van der Waals surface area contributed by atoms with Gasteiger partial charge in [0.2, 0.25) is 0 Å². The van der Waals surface area contributed by atoms with E-state index in [9.17, 15) is 0 Å². The number of hydrogen-bond donors (Lipinski definition) is 1. The summed E-state index contributed by atoms with van der Waals surface area (Å²) in [5, 5.41) is 2.30. The van der Waals surface area contributed by atoms with Crippen LogP contribution in [0.3, 0.4) is 0 Å². The van der Waals surface area contributed by atoms with E-state index < -0.39 is 0 Å². The van der Waals surface area contributed by atoms with Crippen molar-refractivity contribution in [2.45, 2.75) is 0 Å². The second-order valence-electron chi connectivity index (χ2n) is 4.59. The largest absolute Gasteiger partial charge is 0.457 e. The third kappa shape index (κ3) is 2.91. The van der Waals surface area contributed by atoms with Crippen LogP contribution in [0.5, 0.6) is 11.5 Å². The molecule has 0 saturated carbocycles. The van der Waals surface area contributed by atoms with Crippen molar-refractivity contribution in [2.75, 3.05) is 0 Å². The summed E-state index contributed by atoms with van der Waals surface area (Å²) in [6.45, 7) is 0. The average molecular weight is 358 g/mol. The number of nitrogens with two attached hydrogens (primary N) is 1. The maximum Gasteiger partial charge on any atom is 0.138 e. The molecule has 0 aliphatic heterocycles. The predicted octanol–water partition coefficient (Wildman–Crippen LogP) is 5.03. The number of halogens is 1. The van der Waals surface area contributed by atoms with Crippen molar-refractivity contribution in [2.24, 2.45) is 5.73 Å². The van der Waals surface area contributed by atoms with E-state index >= 15 is 0 Å². The van der Waals surface area contributed by atoms with Crippen LogP contribution < -0.4 is 10.5 Å². The van der Waals surface area contributed by atoms with E-state index in [1.165, 1.54) is 5.39 Å². The predicted molar refractivity (Wildman–Crippen MR) is 94.1 cm³/mol. The highest BCUT2D eigenvalue weighted by Crippen LogP contribution is 2.31. The molecule has 0 heterocycles. The van der Waals surface area contributed by atoms with Gasteiger partial charge in [0.15, 0.2) is 0 Å². The van der Waals surface area contributed by atoms with E-state index in [1.807, 2.05) is 48.5 Å². The van der Waals surface area contributed by atoms with E-state index in [2.05, 4.69) is 28.1 Å². The van der Waals surface area contributed by atoms with Crippen molar-refractivity contribution in [3.63, 3.8) is 0 Å². The molecule has 3 aromatic rings. The van der Waals surface area contributed by atoms with Crippen LogP contribution in [0, 0.1) is 0 Å². The molecule has 21 heavy (non-hydrogen) atoms. The molecule has 0 spiro atoms. The van der Waals surface area contributed by atoms with Crippen LogP contribution in [-0.4, -0.2) is 4.99 Å². The minimum Gasteiger partial charge on any atom is -0.457 e. The Hall–Kier alpha value is -1.91. The van der Waals surface area contributed by atoms with E-state index in [0.29, 0.717) is 16.3 Å². The molecule has 104 valence electrons. The van der Waals surface area contributed by atoms with Crippen LogP contribution in [0.1, 0.15) is 5.56 Å². The highest BCUT2D eigenvalue weighted by Gasteiger charge is 2.11. The van der Waals surface area contributed by atoms with Gasteiger partial charge in [0.05, 0.1) is 5.56 Å². The lowest BCUT2D eigenvalue weighted by molar-refractivity contribution is 0.482. The highest BCUT2D eigenvalue weighted by molar-refractivity contribution is 9.10. The molecule has 0 unspecified atom stereocenters. The SMILES string of the molecule is NC(=S)c1c(Br)cccc1Oc1ccc2ccccc2c1. The first-order chi connectivity index (χ1) is 10.1. The number of rotatable bonds is 3. The maximum atomic E-state index is 5.96. The van der Waals surface area contributed by atoms with Crippen molar-refractivity contribution in [3.05, 3.63) is 70.7 Å². The van der Waals surface area contributed by atoms with Crippen molar-refractivity contribution in [1.82, 2.24) is 0 Å². The molecule has 3 aromatic carbocycles. The smallest absolute Gasteiger partial charge is 0.138 e. The fourth-order valence-corrected chi connectivity index (χ4v) is 3.09. The first kappa shape index (κ1) is 14.0. The van der Waals surface area contributed by atoms with Gasteiger partial charge in [-0.15, -0.1) is 0 Å². The van der Waals surface area contributed by atoms with Gasteiger partial charge in [-0.3, -0.25) is 0 Å². The monoisotopic (exact) mass is 357 g/mol. The van der Waals surface area contributed by atoms with E-state index in [-0.39, 0.29) is 0 Å². The maximum absolute atomic E-state index is 5.96. The standard InChI is InChI=1S/C17H12BrNOS/c18-14-6-3-7-15(16(14)17(19)21)20-13-9-8-11-4-1-2-5-12(11)10-13/h1-10H,(H2,19,21). The summed E-state index contributed by atoms with van der Waals surface area (Å²) in [6.07, 6.45) is 0. The molecular weight excluding hydrogens is 346 g/mol. The quantitative estimate of drug-likeness (QED) is 0.667. The molecule has 3 rings (SSSR count). The van der Waals surface area contributed by atoms with Crippen LogP contribution in [0.15, 0.2) is 65.1 Å². The van der Waals surface area contributed by atoms with Crippen molar-refractivity contribution >= 4 is 43.9 Å². The third-order valence-corrected chi connectivity index (χ3v) is 4.04. The number of thiocarbonyl (C=S) groups is 1. The minimum absolute atomic E-state index is 0.304. The third-order valence-electron chi connectivity index (χ3n) is 3.17. The Morgan fingerprint density at radius 1 is 0.952 bits per heavy atom. The zero-order valence-corrected chi connectivity index (χ0v) is 13.4. The first-order valence-electron chi connectivity index (χ1n) is 6.40. The Morgan fingerprint density at radius 3 is 2.48 bits per heavy atom. The van der Waals surface area contributed by atoms with Gasteiger partial charge in [-0.25, -0.2) is 0 Å². The summed E-state index contributed by atoms with van der Waals surface area (Å²) in [6, 6.07) is 19.7. The van der Waals surface area contributed by atoms with Gasteiger partial charge < -0.3 is 10.5 Å². The van der Waals surface area contributed by atoms with Gasteiger partial charge in [-0.05, 0) is 51.0 Å². The summed E-state index contributed by atoms with van der Waals surface area (Å²) in [5.74, 6) is 1.40. The molecule has 2 nitrogen and oxygen atoms in total. The molecule has 4 heteroatoms. The summed E-state index contributed by atoms with van der Waals surface area (Å²) in [5.41, 5.74) is 6.49. The lowest BCUT2D eigenvalue weighted by atomic mass is 10.1. The summed E-state index contributed by atoms with van der Waals surface area (Å²) in [7, 11) is 0. The Labute approximate surface area is 136 Å². The first-order valence-corrected chi connectivity index (χ1v) is 7.60. The molecule has 0 aromatic heterocycles. The van der Waals surface area contributed by atoms with Crippen molar-refractivity contribution in [3.8, 4) is 11.5 Å². The number of benzene rings is 3. The molecule has 0 atom stereocenters. The van der Waals surface area contributed by atoms with Crippen LogP contribution in [0.25, 0.3) is 10.8 Å². The molecule has 2 N–H and O–H groups in total. The molecule has 0 saturated heterocycles. The van der Waals surface area contributed by atoms with Crippen LogP contribution >= 0.6 is 28.1 Å². The van der Waals surface area contributed by atoms with Gasteiger partial charge in [-0.1, -0.05) is 48.6 Å². The summed E-state index contributed by atoms with van der Waals surface area (Å²) >= 11 is 8.55. The van der Waals surface area contributed by atoms with Gasteiger partial charge in [0, 0.05) is 4.47 Å². The number of ether oxygens (including phenoxy) is 1. The van der Waals surface area contributed by atoms with Crippen LogP contribution in [-0.2, 0) is 0 Å². The van der Waals surface area contributed by atoms with E-state index in [1.54, 1.807) is 0 Å². The molecule has 0 amide bonds. The Morgan fingerprint density at radius 2 is 1.71 bits per heavy atom. The zero-order chi connectivity index (χ0) is 14.8. The molecule has 0 aliphatic rings. The zero-order valence-electron chi connectivity index (χ0n) is 11.0.